The molecule has 0 unspecified atom stereocenters. The topological polar surface area (TPSA) is 21.7 Å². The molecule has 100 valence electrons. The van der Waals surface area contributed by atoms with Gasteiger partial charge in [0.15, 0.2) is 0 Å². The van der Waals surface area contributed by atoms with Gasteiger partial charge in [0.2, 0.25) is 12.1 Å². The molecular formula is C17H18N3+. The molecule has 0 N–H and O–H groups in total. The first-order valence-corrected chi connectivity index (χ1v) is 6.72. The zero-order valence-corrected chi connectivity index (χ0v) is 12.0. The van der Waals surface area contributed by atoms with E-state index in [0.717, 1.165) is 11.5 Å². The van der Waals surface area contributed by atoms with Gasteiger partial charge in [0.05, 0.1) is 12.7 Å². The number of hydrogen-bond donors (Lipinski definition) is 0. The Bertz CT molecular complexity index is 736. The maximum atomic E-state index is 4.80. The summed E-state index contributed by atoms with van der Waals surface area (Å²) in [6.45, 7) is 4.26. The number of aromatic nitrogens is 3. The first-order chi connectivity index (χ1) is 9.65. The van der Waals surface area contributed by atoms with Gasteiger partial charge in [0.25, 0.3) is 0 Å². The fourth-order valence-electron chi connectivity index (χ4n) is 2.51. The quantitative estimate of drug-likeness (QED) is 0.652. The first-order valence-electron chi connectivity index (χ1n) is 6.72. The molecule has 3 nitrogen and oxygen atoms in total. The van der Waals surface area contributed by atoms with Gasteiger partial charge in [-0.15, -0.1) is 0 Å². The molecule has 3 heteroatoms. The zero-order valence-electron chi connectivity index (χ0n) is 12.0. The SMILES string of the molecule is Cc1cccc(C)c1-c1cccc(-n2cc[n+](C)c2)n1. The van der Waals surface area contributed by atoms with Crippen LogP contribution in [0.5, 0.6) is 0 Å². The summed E-state index contributed by atoms with van der Waals surface area (Å²) in [4.78, 5) is 4.80. The molecule has 2 aromatic heterocycles. The molecule has 0 atom stereocenters. The van der Waals surface area contributed by atoms with Gasteiger partial charge in [-0.05, 0) is 31.0 Å². The van der Waals surface area contributed by atoms with Crippen LogP contribution < -0.4 is 4.57 Å². The molecule has 2 heterocycles. The van der Waals surface area contributed by atoms with Crippen molar-refractivity contribution in [3.8, 4) is 17.1 Å². The van der Waals surface area contributed by atoms with Crippen LogP contribution in [0.15, 0.2) is 55.1 Å². The number of pyridine rings is 1. The van der Waals surface area contributed by atoms with Crippen LogP contribution >= 0.6 is 0 Å². The van der Waals surface area contributed by atoms with Crippen LogP contribution in [0, 0.1) is 13.8 Å². The van der Waals surface area contributed by atoms with E-state index in [1.165, 1.54) is 16.7 Å². The van der Waals surface area contributed by atoms with Crippen molar-refractivity contribution in [2.24, 2.45) is 7.05 Å². The molecule has 3 rings (SSSR count). The Labute approximate surface area is 119 Å². The monoisotopic (exact) mass is 264 g/mol. The van der Waals surface area contributed by atoms with Gasteiger partial charge in [0.1, 0.15) is 12.4 Å². The van der Waals surface area contributed by atoms with Crippen LogP contribution in [-0.2, 0) is 7.05 Å². The molecule has 3 aromatic rings. The van der Waals surface area contributed by atoms with E-state index < -0.39 is 0 Å². The van der Waals surface area contributed by atoms with E-state index in [1.807, 2.05) is 41.0 Å². The molecule has 0 aliphatic carbocycles. The molecule has 0 aliphatic heterocycles. The lowest BCUT2D eigenvalue weighted by molar-refractivity contribution is -0.670. The number of imidazole rings is 1. The van der Waals surface area contributed by atoms with Gasteiger partial charge in [-0.25, -0.2) is 9.55 Å². The Hall–Kier alpha value is -2.42. The highest BCUT2D eigenvalue weighted by Gasteiger charge is 2.10. The summed E-state index contributed by atoms with van der Waals surface area (Å²) in [6, 6.07) is 12.5. The summed E-state index contributed by atoms with van der Waals surface area (Å²) in [5.41, 5.74) is 4.76. The van der Waals surface area contributed by atoms with Gasteiger partial charge in [0, 0.05) is 11.6 Å². The summed E-state index contributed by atoms with van der Waals surface area (Å²) >= 11 is 0. The van der Waals surface area contributed by atoms with Crippen molar-refractivity contribution < 1.29 is 4.57 Å². The molecule has 0 saturated heterocycles. The minimum Gasteiger partial charge on any atom is -0.239 e. The van der Waals surface area contributed by atoms with Gasteiger partial charge >= 0.3 is 0 Å². The smallest absolute Gasteiger partial charge is 0.239 e. The van der Waals surface area contributed by atoms with Gasteiger partial charge in [-0.3, -0.25) is 0 Å². The highest BCUT2D eigenvalue weighted by molar-refractivity contribution is 5.67. The summed E-state index contributed by atoms with van der Waals surface area (Å²) in [6.07, 6.45) is 6.03. The fraction of sp³-hybridized carbons (Fsp3) is 0.176. The molecule has 0 fully saturated rings. The predicted octanol–water partition coefficient (Wildman–Crippen LogP) is 2.98. The van der Waals surface area contributed by atoms with Crippen LogP contribution in [0.25, 0.3) is 17.1 Å². The molecular weight excluding hydrogens is 246 g/mol. The molecule has 0 spiro atoms. The van der Waals surface area contributed by atoms with Crippen molar-refractivity contribution in [3.05, 3.63) is 66.2 Å². The molecule has 1 aromatic carbocycles. The van der Waals surface area contributed by atoms with Crippen molar-refractivity contribution in [2.75, 3.05) is 0 Å². The van der Waals surface area contributed by atoms with Gasteiger partial charge in [-0.1, -0.05) is 24.3 Å². The number of rotatable bonds is 2. The summed E-state index contributed by atoms with van der Waals surface area (Å²) < 4.78 is 4.03. The Morgan fingerprint density at radius 3 is 2.35 bits per heavy atom. The summed E-state index contributed by atoms with van der Waals surface area (Å²) in [5, 5.41) is 0. The van der Waals surface area contributed by atoms with Crippen LogP contribution in [0.2, 0.25) is 0 Å². The number of nitrogens with zero attached hydrogens (tertiary/aromatic N) is 3. The minimum absolute atomic E-state index is 0.936. The van der Waals surface area contributed by atoms with E-state index in [4.69, 9.17) is 4.98 Å². The van der Waals surface area contributed by atoms with E-state index in [2.05, 4.69) is 44.2 Å². The lowest BCUT2D eigenvalue weighted by Gasteiger charge is -2.09. The maximum Gasteiger partial charge on any atom is 0.250 e. The summed E-state index contributed by atoms with van der Waals surface area (Å²) in [5.74, 6) is 0.936. The molecule has 0 aliphatic rings. The first kappa shape index (κ1) is 12.6. The average Bonchev–Trinajstić information content (AvgIpc) is 2.86. The molecule has 0 amide bonds. The standard InChI is InChI=1S/C17H18N3/c1-13-6-4-7-14(2)17(13)15-8-5-9-16(18-15)20-11-10-19(3)12-20/h4-12H,1-3H3/q+1. The zero-order chi connectivity index (χ0) is 14.1. The number of aryl methyl sites for hydroxylation is 3. The molecule has 0 bridgehead atoms. The molecule has 0 radical (unpaired) electrons. The van der Waals surface area contributed by atoms with Crippen molar-refractivity contribution in [1.82, 2.24) is 9.55 Å². The van der Waals surface area contributed by atoms with Crippen molar-refractivity contribution in [2.45, 2.75) is 13.8 Å². The van der Waals surface area contributed by atoms with Gasteiger partial charge in [-0.2, -0.15) is 4.57 Å². The van der Waals surface area contributed by atoms with Gasteiger partial charge < -0.3 is 0 Å². The highest BCUT2D eigenvalue weighted by atomic mass is 15.1. The Morgan fingerprint density at radius 2 is 1.70 bits per heavy atom. The normalized spacial score (nSPS) is 10.8. The largest absolute Gasteiger partial charge is 0.250 e. The van der Waals surface area contributed by atoms with Crippen LogP contribution in [-0.4, -0.2) is 9.55 Å². The van der Waals surface area contributed by atoms with Crippen molar-refractivity contribution in [3.63, 3.8) is 0 Å². The van der Waals surface area contributed by atoms with E-state index >= 15 is 0 Å². The molecule has 20 heavy (non-hydrogen) atoms. The van der Waals surface area contributed by atoms with E-state index in [0.29, 0.717) is 0 Å². The third-order valence-corrected chi connectivity index (χ3v) is 3.51. The predicted molar refractivity (Wildman–Crippen MR) is 79.7 cm³/mol. The number of hydrogen-bond acceptors (Lipinski definition) is 1. The second kappa shape index (κ2) is 4.93. The van der Waals surface area contributed by atoms with Crippen molar-refractivity contribution >= 4 is 0 Å². The van der Waals surface area contributed by atoms with Crippen molar-refractivity contribution in [1.29, 1.82) is 0 Å². The second-order valence-corrected chi connectivity index (χ2v) is 5.13. The Morgan fingerprint density at radius 1 is 1.00 bits per heavy atom. The van der Waals surface area contributed by atoms with E-state index in [1.54, 1.807) is 0 Å². The summed E-state index contributed by atoms with van der Waals surface area (Å²) in [7, 11) is 2.01. The second-order valence-electron chi connectivity index (χ2n) is 5.13. The Balaban J connectivity index is 2.12. The number of benzene rings is 1. The molecule has 0 saturated carbocycles. The lowest BCUT2D eigenvalue weighted by atomic mass is 10.00. The average molecular weight is 264 g/mol. The Kier molecular flexibility index (Phi) is 3.11. The minimum atomic E-state index is 0.936. The fourth-order valence-corrected chi connectivity index (χ4v) is 2.51. The highest BCUT2D eigenvalue weighted by Crippen LogP contribution is 2.25. The van der Waals surface area contributed by atoms with Crippen LogP contribution in [0.1, 0.15) is 11.1 Å². The third kappa shape index (κ3) is 2.23. The van der Waals surface area contributed by atoms with E-state index in [-0.39, 0.29) is 0 Å². The maximum absolute atomic E-state index is 4.80. The van der Waals surface area contributed by atoms with E-state index in [9.17, 15) is 0 Å². The lowest BCUT2D eigenvalue weighted by Crippen LogP contribution is -2.23. The van der Waals surface area contributed by atoms with Crippen LogP contribution in [0.3, 0.4) is 0 Å². The van der Waals surface area contributed by atoms with Crippen LogP contribution in [0.4, 0.5) is 0 Å². The third-order valence-electron chi connectivity index (χ3n) is 3.51.